The number of hydrogen-bond acceptors (Lipinski definition) is 3. The highest BCUT2D eigenvalue weighted by Gasteiger charge is 2.13. The molecule has 0 heterocycles. The molecule has 1 atom stereocenters. The Bertz CT molecular complexity index is 447. The Labute approximate surface area is 126 Å². The van der Waals surface area contributed by atoms with E-state index in [1.54, 1.807) is 0 Å². The predicted molar refractivity (Wildman–Crippen MR) is 78.7 cm³/mol. The Balaban J connectivity index is 2.11. The maximum Gasteiger partial charge on any atom is 0.325 e. The Hall–Kier alpha value is -1.56. The summed E-state index contributed by atoms with van der Waals surface area (Å²) in [5.41, 5.74) is 0. The van der Waals surface area contributed by atoms with E-state index in [-0.39, 0.29) is 5.91 Å². The average molecular weight is 344 g/mol. The van der Waals surface area contributed by atoms with Crippen molar-refractivity contribution >= 4 is 27.8 Å². The van der Waals surface area contributed by atoms with Gasteiger partial charge < -0.3 is 15.2 Å². The summed E-state index contributed by atoms with van der Waals surface area (Å²) in [5.74, 6) is -0.488. The van der Waals surface area contributed by atoms with Crippen LogP contribution in [0.5, 0.6) is 5.75 Å². The molecule has 1 amide bonds. The van der Waals surface area contributed by atoms with Crippen molar-refractivity contribution in [3.8, 4) is 5.75 Å². The Kier molecular flexibility index (Phi) is 7.08. The smallest absolute Gasteiger partial charge is 0.325 e. The number of carbonyl (C=O) groups excluding carboxylic acids is 1. The van der Waals surface area contributed by atoms with Gasteiger partial charge in [-0.1, -0.05) is 15.9 Å². The summed E-state index contributed by atoms with van der Waals surface area (Å²) < 4.78 is 6.51. The number of carboxylic acid groups (broad SMARTS) is 1. The van der Waals surface area contributed by atoms with E-state index in [2.05, 4.69) is 21.2 Å². The molecule has 0 aliphatic carbocycles. The van der Waals surface area contributed by atoms with Gasteiger partial charge in [-0.25, -0.2) is 0 Å². The van der Waals surface area contributed by atoms with Crippen LogP contribution in [0.15, 0.2) is 28.7 Å². The molecule has 0 radical (unpaired) electrons. The number of amides is 1. The quantitative estimate of drug-likeness (QED) is 0.711. The topological polar surface area (TPSA) is 75.6 Å². The summed E-state index contributed by atoms with van der Waals surface area (Å²) in [5, 5.41) is 11.1. The molecule has 0 spiro atoms. The first kappa shape index (κ1) is 16.5. The first-order valence-corrected chi connectivity index (χ1v) is 7.19. The van der Waals surface area contributed by atoms with Gasteiger partial charge >= 0.3 is 5.97 Å². The van der Waals surface area contributed by atoms with Crippen LogP contribution in [0, 0.1) is 0 Å². The molecule has 6 heteroatoms. The minimum absolute atomic E-state index is 0.247. The molecule has 1 aromatic rings. The lowest BCUT2D eigenvalue weighted by atomic mass is 10.2. The maximum atomic E-state index is 11.4. The fraction of sp³-hybridized carbons (Fsp3) is 0.429. The van der Waals surface area contributed by atoms with E-state index < -0.39 is 12.0 Å². The highest BCUT2D eigenvalue weighted by Crippen LogP contribution is 2.16. The number of aliphatic carboxylic acids is 1. The van der Waals surface area contributed by atoms with Gasteiger partial charge in [-0.3, -0.25) is 9.59 Å². The molecule has 1 rings (SSSR count). The SMILES string of the molecule is CC(NC(=O)CCCCOc1ccc(Br)cc1)C(=O)O. The van der Waals surface area contributed by atoms with Crippen LogP contribution in [0.3, 0.4) is 0 Å². The van der Waals surface area contributed by atoms with Crippen molar-refractivity contribution in [1.82, 2.24) is 5.32 Å². The second-order valence-electron chi connectivity index (χ2n) is 4.39. The monoisotopic (exact) mass is 343 g/mol. The number of carbonyl (C=O) groups is 2. The minimum atomic E-state index is -1.03. The predicted octanol–water partition coefficient (Wildman–Crippen LogP) is 2.59. The van der Waals surface area contributed by atoms with Crippen molar-refractivity contribution in [2.45, 2.75) is 32.2 Å². The van der Waals surface area contributed by atoms with E-state index in [1.165, 1.54) is 6.92 Å². The van der Waals surface area contributed by atoms with Crippen LogP contribution in [-0.2, 0) is 9.59 Å². The van der Waals surface area contributed by atoms with Crippen molar-refractivity contribution in [3.63, 3.8) is 0 Å². The Morgan fingerprint density at radius 3 is 2.55 bits per heavy atom. The molecule has 1 aromatic carbocycles. The normalized spacial score (nSPS) is 11.7. The van der Waals surface area contributed by atoms with Crippen molar-refractivity contribution in [2.24, 2.45) is 0 Å². The number of rotatable bonds is 8. The summed E-state index contributed by atoms with van der Waals surface area (Å²) >= 11 is 3.34. The number of ether oxygens (including phenoxy) is 1. The van der Waals surface area contributed by atoms with E-state index in [9.17, 15) is 9.59 Å². The molecule has 110 valence electrons. The summed E-state index contributed by atoms with van der Waals surface area (Å²) in [6.07, 6.45) is 1.71. The van der Waals surface area contributed by atoms with Gasteiger partial charge in [-0.05, 0) is 44.0 Å². The van der Waals surface area contributed by atoms with Gasteiger partial charge in [-0.15, -0.1) is 0 Å². The molecule has 0 aromatic heterocycles. The van der Waals surface area contributed by atoms with Gasteiger partial charge in [0.25, 0.3) is 0 Å². The first-order chi connectivity index (χ1) is 9.49. The lowest BCUT2D eigenvalue weighted by Gasteiger charge is -2.09. The van der Waals surface area contributed by atoms with Crippen molar-refractivity contribution < 1.29 is 19.4 Å². The third kappa shape index (κ3) is 6.56. The van der Waals surface area contributed by atoms with Crippen LogP contribution in [0.1, 0.15) is 26.2 Å². The van der Waals surface area contributed by atoms with Crippen LogP contribution in [0.25, 0.3) is 0 Å². The molecule has 0 fully saturated rings. The van der Waals surface area contributed by atoms with Gasteiger partial charge in [0.1, 0.15) is 11.8 Å². The lowest BCUT2D eigenvalue weighted by molar-refractivity contribution is -0.141. The zero-order valence-electron chi connectivity index (χ0n) is 11.3. The number of carboxylic acids is 1. The molecule has 0 aliphatic rings. The van der Waals surface area contributed by atoms with E-state index in [4.69, 9.17) is 9.84 Å². The number of unbranched alkanes of at least 4 members (excludes halogenated alkanes) is 1. The van der Waals surface area contributed by atoms with Crippen molar-refractivity contribution in [3.05, 3.63) is 28.7 Å². The lowest BCUT2D eigenvalue weighted by Crippen LogP contribution is -2.38. The van der Waals surface area contributed by atoms with E-state index in [0.717, 1.165) is 16.6 Å². The maximum absolute atomic E-state index is 11.4. The fourth-order valence-electron chi connectivity index (χ4n) is 1.48. The van der Waals surface area contributed by atoms with Crippen LogP contribution in [0.4, 0.5) is 0 Å². The average Bonchev–Trinajstić information content (AvgIpc) is 2.40. The van der Waals surface area contributed by atoms with Crippen LogP contribution in [0.2, 0.25) is 0 Å². The van der Waals surface area contributed by atoms with Gasteiger partial charge in [0, 0.05) is 10.9 Å². The standard InChI is InChI=1S/C14H18BrNO4/c1-10(14(18)19)16-13(17)4-2-3-9-20-12-7-5-11(15)6-8-12/h5-8,10H,2-4,9H2,1H3,(H,16,17)(H,18,19). The van der Waals surface area contributed by atoms with E-state index in [1.807, 2.05) is 24.3 Å². The molecular formula is C14H18BrNO4. The van der Waals surface area contributed by atoms with Crippen LogP contribution < -0.4 is 10.1 Å². The summed E-state index contributed by atoms with van der Waals surface area (Å²) in [6, 6.07) is 6.68. The summed E-state index contributed by atoms with van der Waals surface area (Å²) in [7, 11) is 0. The zero-order chi connectivity index (χ0) is 15.0. The van der Waals surface area contributed by atoms with E-state index >= 15 is 0 Å². The molecular weight excluding hydrogens is 326 g/mol. The second-order valence-corrected chi connectivity index (χ2v) is 5.30. The van der Waals surface area contributed by atoms with Crippen LogP contribution in [-0.4, -0.2) is 29.6 Å². The molecule has 0 bridgehead atoms. The van der Waals surface area contributed by atoms with Gasteiger partial charge in [-0.2, -0.15) is 0 Å². The highest BCUT2D eigenvalue weighted by molar-refractivity contribution is 9.10. The molecule has 20 heavy (non-hydrogen) atoms. The summed E-state index contributed by atoms with van der Waals surface area (Å²) in [6.45, 7) is 1.97. The Morgan fingerprint density at radius 2 is 1.95 bits per heavy atom. The molecule has 0 saturated heterocycles. The summed E-state index contributed by atoms with van der Waals surface area (Å²) in [4.78, 5) is 22.0. The zero-order valence-corrected chi connectivity index (χ0v) is 12.9. The molecule has 1 unspecified atom stereocenters. The number of nitrogens with one attached hydrogen (secondary N) is 1. The first-order valence-electron chi connectivity index (χ1n) is 6.39. The molecule has 5 nitrogen and oxygen atoms in total. The number of benzene rings is 1. The molecule has 0 aliphatic heterocycles. The van der Waals surface area contributed by atoms with Crippen LogP contribution >= 0.6 is 15.9 Å². The minimum Gasteiger partial charge on any atom is -0.494 e. The van der Waals surface area contributed by atoms with Crippen molar-refractivity contribution in [1.29, 1.82) is 0 Å². The van der Waals surface area contributed by atoms with Gasteiger partial charge in [0.15, 0.2) is 0 Å². The van der Waals surface area contributed by atoms with Gasteiger partial charge in [0.2, 0.25) is 5.91 Å². The Morgan fingerprint density at radius 1 is 1.30 bits per heavy atom. The number of hydrogen-bond donors (Lipinski definition) is 2. The fourth-order valence-corrected chi connectivity index (χ4v) is 1.75. The van der Waals surface area contributed by atoms with Gasteiger partial charge in [0.05, 0.1) is 6.61 Å². The second kappa shape index (κ2) is 8.58. The van der Waals surface area contributed by atoms with E-state index in [0.29, 0.717) is 19.4 Å². The third-order valence-corrected chi connectivity index (χ3v) is 3.16. The van der Waals surface area contributed by atoms with Crippen molar-refractivity contribution in [2.75, 3.05) is 6.61 Å². The highest BCUT2D eigenvalue weighted by atomic mass is 79.9. The molecule has 2 N–H and O–H groups in total. The number of halogens is 1. The molecule has 0 saturated carbocycles. The largest absolute Gasteiger partial charge is 0.494 e. The third-order valence-electron chi connectivity index (χ3n) is 2.63.